The fraction of sp³-hybridized carbons (Fsp3) is 0.400. The van der Waals surface area contributed by atoms with E-state index in [-0.39, 0.29) is 0 Å². The van der Waals surface area contributed by atoms with Gasteiger partial charge in [0.1, 0.15) is 6.73 Å². The molecule has 0 aliphatic carbocycles. The summed E-state index contributed by atoms with van der Waals surface area (Å²) in [6.07, 6.45) is -2.98. The van der Waals surface area contributed by atoms with Crippen LogP contribution in [-0.2, 0) is 12.9 Å². The van der Waals surface area contributed by atoms with Gasteiger partial charge < -0.3 is 5.11 Å². The number of alkyl halides is 3. The van der Waals surface area contributed by atoms with Crippen LogP contribution in [-0.4, -0.2) is 14.9 Å². The van der Waals surface area contributed by atoms with Crippen LogP contribution in [0.5, 0.6) is 0 Å². The minimum Gasteiger partial charge on any atom is -0.374 e. The highest BCUT2D eigenvalue weighted by molar-refractivity contribution is 5.07. The smallest absolute Gasteiger partial charge is 0.374 e. The van der Waals surface area contributed by atoms with Gasteiger partial charge in [0, 0.05) is 6.20 Å². The summed E-state index contributed by atoms with van der Waals surface area (Å²) in [7, 11) is 0. The maximum absolute atomic E-state index is 11.8. The minimum absolute atomic E-state index is 0.546. The first-order chi connectivity index (χ1) is 5.04. The Balaban J connectivity index is 2.89. The summed E-state index contributed by atoms with van der Waals surface area (Å²) in [4.78, 5) is 0. The topological polar surface area (TPSA) is 38.0 Å². The third-order valence-electron chi connectivity index (χ3n) is 1.11. The van der Waals surface area contributed by atoms with Crippen molar-refractivity contribution in [1.29, 1.82) is 0 Å². The minimum atomic E-state index is -4.38. The summed E-state index contributed by atoms with van der Waals surface area (Å²) in [6, 6.07) is 0. The average Bonchev–Trinajstić information content (AvgIpc) is 2.32. The van der Waals surface area contributed by atoms with Gasteiger partial charge in [0.25, 0.3) is 0 Å². The Bertz CT molecular complexity index is 242. The van der Waals surface area contributed by atoms with Crippen LogP contribution < -0.4 is 0 Å². The standard InChI is InChI=1S/C5H5F3N2O/c6-5(7,8)4-1-9-10(2-4)3-11/h1-2,11H,3H2. The molecule has 1 aromatic rings. The van der Waals surface area contributed by atoms with Crippen molar-refractivity contribution >= 4 is 0 Å². The second-order valence-electron chi connectivity index (χ2n) is 1.91. The summed E-state index contributed by atoms with van der Waals surface area (Å²) >= 11 is 0. The van der Waals surface area contributed by atoms with E-state index in [1.807, 2.05) is 0 Å². The molecule has 1 N–H and O–H groups in total. The van der Waals surface area contributed by atoms with Crippen molar-refractivity contribution < 1.29 is 18.3 Å². The lowest BCUT2D eigenvalue weighted by Crippen LogP contribution is -2.03. The van der Waals surface area contributed by atoms with Crippen LogP contribution in [0.2, 0.25) is 0 Å². The number of rotatable bonds is 1. The number of hydrogen-bond donors (Lipinski definition) is 1. The first kappa shape index (κ1) is 8.06. The molecule has 0 saturated heterocycles. The molecule has 0 unspecified atom stereocenters. The molecule has 0 atom stereocenters. The van der Waals surface area contributed by atoms with Gasteiger partial charge in [-0.2, -0.15) is 18.3 Å². The van der Waals surface area contributed by atoms with Crippen molar-refractivity contribution in [2.75, 3.05) is 0 Å². The quantitative estimate of drug-likeness (QED) is 0.671. The predicted octanol–water partition coefficient (Wildman–Crippen LogP) is 0.852. The Hall–Kier alpha value is -1.04. The highest BCUT2D eigenvalue weighted by Gasteiger charge is 2.31. The second-order valence-corrected chi connectivity index (χ2v) is 1.91. The van der Waals surface area contributed by atoms with E-state index in [0.29, 0.717) is 6.20 Å². The molecule has 0 amide bonds. The lowest BCUT2D eigenvalue weighted by molar-refractivity contribution is -0.137. The Morgan fingerprint density at radius 1 is 1.55 bits per heavy atom. The van der Waals surface area contributed by atoms with Gasteiger partial charge in [0.15, 0.2) is 0 Å². The SMILES string of the molecule is OCn1cc(C(F)(F)F)cn1. The molecule has 1 rings (SSSR count). The zero-order valence-corrected chi connectivity index (χ0v) is 5.34. The normalized spacial score (nSPS) is 12.0. The van der Waals surface area contributed by atoms with Gasteiger partial charge in [-0.15, -0.1) is 0 Å². The van der Waals surface area contributed by atoms with Crippen molar-refractivity contribution in [3.8, 4) is 0 Å². The lowest BCUT2D eigenvalue weighted by atomic mass is 10.4. The molecule has 0 aromatic carbocycles. The van der Waals surface area contributed by atoms with Crippen molar-refractivity contribution in [3.05, 3.63) is 18.0 Å². The molecule has 1 aromatic heterocycles. The summed E-state index contributed by atoms with van der Waals surface area (Å²) in [6.45, 7) is -0.546. The summed E-state index contributed by atoms with van der Waals surface area (Å²) in [5.74, 6) is 0. The van der Waals surface area contributed by atoms with E-state index in [4.69, 9.17) is 5.11 Å². The van der Waals surface area contributed by atoms with Gasteiger partial charge in [-0.3, -0.25) is 0 Å². The van der Waals surface area contributed by atoms with Crippen LogP contribution in [0.15, 0.2) is 12.4 Å². The van der Waals surface area contributed by atoms with Gasteiger partial charge in [0.05, 0.1) is 11.8 Å². The first-order valence-corrected chi connectivity index (χ1v) is 2.74. The largest absolute Gasteiger partial charge is 0.419 e. The fourth-order valence-electron chi connectivity index (χ4n) is 0.587. The molecular weight excluding hydrogens is 161 g/mol. The van der Waals surface area contributed by atoms with Crippen LogP contribution in [0.4, 0.5) is 13.2 Å². The van der Waals surface area contributed by atoms with Gasteiger partial charge in [0.2, 0.25) is 0 Å². The molecule has 1 heterocycles. The molecule has 0 bridgehead atoms. The number of halogens is 3. The zero-order chi connectivity index (χ0) is 8.48. The Labute approximate surface area is 60.1 Å². The number of aromatic nitrogens is 2. The maximum Gasteiger partial charge on any atom is 0.419 e. The van der Waals surface area contributed by atoms with Crippen LogP contribution in [0, 0.1) is 0 Å². The fourth-order valence-corrected chi connectivity index (χ4v) is 0.587. The summed E-state index contributed by atoms with van der Waals surface area (Å²) < 4.78 is 36.2. The van der Waals surface area contributed by atoms with Crippen molar-refractivity contribution in [3.63, 3.8) is 0 Å². The Morgan fingerprint density at radius 2 is 2.18 bits per heavy atom. The third kappa shape index (κ3) is 1.70. The second kappa shape index (κ2) is 2.54. The molecule has 0 aliphatic heterocycles. The molecule has 3 nitrogen and oxygen atoms in total. The Kier molecular flexibility index (Phi) is 1.86. The van der Waals surface area contributed by atoms with E-state index in [0.717, 1.165) is 10.9 Å². The van der Waals surface area contributed by atoms with E-state index < -0.39 is 18.5 Å². The van der Waals surface area contributed by atoms with Crippen molar-refractivity contribution in [2.24, 2.45) is 0 Å². The van der Waals surface area contributed by atoms with Crippen LogP contribution in [0.3, 0.4) is 0 Å². The molecule has 62 valence electrons. The molecule has 0 spiro atoms. The molecule has 11 heavy (non-hydrogen) atoms. The number of hydrogen-bond acceptors (Lipinski definition) is 2. The van der Waals surface area contributed by atoms with Crippen LogP contribution in [0.1, 0.15) is 5.56 Å². The van der Waals surface area contributed by atoms with Crippen molar-refractivity contribution in [1.82, 2.24) is 9.78 Å². The highest BCUT2D eigenvalue weighted by atomic mass is 19.4. The first-order valence-electron chi connectivity index (χ1n) is 2.74. The molecule has 0 aliphatic rings. The number of aliphatic hydroxyl groups excluding tert-OH is 1. The van der Waals surface area contributed by atoms with Crippen LogP contribution in [0.25, 0.3) is 0 Å². The van der Waals surface area contributed by atoms with E-state index in [1.54, 1.807) is 0 Å². The summed E-state index contributed by atoms with van der Waals surface area (Å²) in [5, 5.41) is 11.6. The molecule has 6 heteroatoms. The third-order valence-corrected chi connectivity index (χ3v) is 1.11. The average molecular weight is 166 g/mol. The predicted molar refractivity (Wildman–Crippen MR) is 29.4 cm³/mol. The van der Waals surface area contributed by atoms with Crippen molar-refractivity contribution in [2.45, 2.75) is 12.9 Å². The monoisotopic (exact) mass is 166 g/mol. The highest BCUT2D eigenvalue weighted by Crippen LogP contribution is 2.28. The zero-order valence-electron chi connectivity index (χ0n) is 5.34. The van der Waals surface area contributed by atoms with E-state index >= 15 is 0 Å². The number of aliphatic hydroxyl groups is 1. The maximum atomic E-state index is 11.8. The molecular formula is C5H5F3N2O. The molecule has 0 saturated carbocycles. The van der Waals surface area contributed by atoms with E-state index in [2.05, 4.69) is 5.10 Å². The molecule has 0 radical (unpaired) electrons. The molecule has 0 fully saturated rings. The van der Waals surface area contributed by atoms with Crippen LogP contribution >= 0.6 is 0 Å². The lowest BCUT2D eigenvalue weighted by Gasteiger charge is -1.99. The summed E-state index contributed by atoms with van der Waals surface area (Å²) in [5.41, 5.74) is -0.855. The van der Waals surface area contributed by atoms with E-state index in [9.17, 15) is 13.2 Å². The van der Waals surface area contributed by atoms with Gasteiger partial charge >= 0.3 is 6.18 Å². The van der Waals surface area contributed by atoms with Gasteiger partial charge in [-0.25, -0.2) is 4.68 Å². The van der Waals surface area contributed by atoms with Gasteiger partial charge in [-0.1, -0.05) is 0 Å². The Morgan fingerprint density at radius 3 is 2.45 bits per heavy atom. The van der Waals surface area contributed by atoms with E-state index in [1.165, 1.54) is 0 Å². The van der Waals surface area contributed by atoms with Gasteiger partial charge in [-0.05, 0) is 0 Å². The number of nitrogens with zero attached hydrogens (tertiary/aromatic N) is 2.